The van der Waals surface area contributed by atoms with Crippen molar-refractivity contribution in [2.45, 2.75) is 43.4 Å². The van der Waals surface area contributed by atoms with Crippen LogP contribution in [-0.2, 0) is 12.5 Å². The van der Waals surface area contributed by atoms with Gasteiger partial charge >= 0.3 is 0 Å². The molecule has 0 aliphatic heterocycles. The third kappa shape index (κ3) is 1.72. The third-order valence-electron chi connectivity index (χ3n) is 5.37. The summed E-state index contributed by atoms with van der Waals surface area (Å²) in [5.74, 6) is 1.99. The van der Waals surface area contributed by atoms with Crippen molar-refractivity contribution in [3.63, 3.8) is 0 Å². The molecule has 1 N–H and O–H groups in total. The van der Waals surface area contributed by atoms with Crippen LogP contribution < -0.4 is 5.32 Å². The van der Waals surface area contributed by atoms with E-state index >= 15 is 0 Å². The molecule has 0 atom stereocenters. The van der Waals surface area contributed by atoms with Crippen molar-refractivity contribution >= 4 is 11.0 Å². The SMILES string of the molecule is CNCC1(c2ccc3c(c2)nc(C2CCC2)n3C)CC1. The topological polar surface area (TPSA) is 29.9 Å². The van der Waals surface area contributed by atoms with Crippen molar-refractivity contribution in [3.8, 4) is 0 Å². The molecule has 1 aromatic carbocycles. The van der Waals surface area contributed by atoms with Crippen LogP contribution in [0.2, 0.25) is 0 Å². The van der Waals surface area contributed by atoms with Gasteiger partial charge in [0.05, 0.1) is 11.0 Å². The summed E-state index contributed by atoms with van der Waals surface area (Å²) in [5.41, 5.74) is 4.33. The van der Waals surface area contributed by atoms with Gasteiger partial charge in [-0.2, -0.15) is 0 Å². The lowest BCUT2D eigenvalue weighted by Gasteiger charge is -2.24. The normalized spacial score (nSPS) is 21.1. The standard InChI is InChI=1S/C17H23N3/c1-18-11-17(8-9-17)13-6-7-15-14(10-13)19-16(20(15)2)12-4-3-5-12/h6-7,10,12,18H,3-5,8-9,11H2,1-2H3. The molecule has 0 spiro atoms. The van der Waals surface area contributed by atoms with Gasteiger partial charge in [0, 0.05) is 24.9 Å². The molecule has 0 saturated heterocycles. The Bertz CT molecular complexity index is 648. The van der Waals surface area contributed by atoms with Crippen LogP contribution in [0.25, 0.3) is 11.0 Å². The minimum Gasteiger partial charge on any atom is -0.331 e. The van der Waals surface area contributed by atoms with E-state index in [-0.39, 0.29) is 0 Å². The largest absolute Gasteiger partial charge is 0.331 e. The number of rotatable bonds is 4. The number of benzene rings is 1. The fraction of sp³-hybridized carbons (Fsp3) is 0.588. The molecule has 0 radical (unpaired) electrons. The Balaban J connectivity index is 1.76. The summed E-state index contributed by atoms with van der Waals surface area (Å²) in [6, 6.07) is 6.93. The number of aromatic nitrogens is 2. The molecule has 1 aromatic heterocycles. The molecular formula is C17H23N3. The van der Waals surface area contributed by atoms with Crippen LogP contribution in [0.15, 0.2) is 18.2 Å². The number of aryl methyl sites for hydroxylation is 1. The van der Waals surface area contributed by atoms with Crippen molar-refractivity contribution in [1.29, 1.82) is 0 Å². The van der Waals surface area contributed by atoms with Crippen molar-refractivity contribution in [1.82, 2.24) is 14.9 Å². The fourth-order valence-corrected chi connectivity index (χ4v) is 3.64. The first-order valence-electron chi connectivity index (χ1n) is 7.85. The highest BCUT2D eigenvalue weighted by Crippen LogP contribution is 2.48. The van der Waals surface area contributed by atoms with Crippen LogP contribution in [0.4, 0.5) is 0 Å². The van der Waals surface area contributed by atoms with E-state index in [1.807, 2.05) is 7.05 Å². The van der Waals surface area contributed by atoms with E-state index in [9.17, 15) is 0 Å². The Labute approximate surface area is 120 Å². The molecule has 2 aliphatic carbocycles. The van der Waals surface area contributed by atoms with E-state index in [1.54, 1.807) is 0 Å². The summed E-state index contributed by atoms with van der Waals surface area (Å²) in [7, 11) is 4.22. The number of nitrogens with zero attached hydrogens (tertiary/aromatic N) is 2. The molecule has 2 aliphatic rings. The zero-order chi connectivity index (χ0) is 13.7. The fourth-order valence-electron chi connectivity index (χ4n) is 3.64. The number of nitrogens with one attached hydrogen (secondary N) is 1. The summed E-state index contributed by atoms with van der Waals surface area (Å²) in [4.78, 5) is 4.94. The molecule has 0 bridgehead atoms. The first-order valence-corrected chi connectivity index (χ1v) is 7.85. The molecule has 20 heavy (non-hydrogen) atoms. The van der Waals surface area contributed by atoms with E-state index in [0.717, 1.165) is 6.54 Å². The molecule has 2 aromatic rings. The van der Waals surface area contributed by atoms with E-state index in [0.29, 0.717) is 11.3 Å². The van der Waals surface area contributed by atoms with Gasteiger partial charge in [0.25, 0.3) is 0 Å². The maximum absolute atomic E-state index is 4.94. The van der Waals surface area contributed by atoms with Gasteiger partial charge in [-0.1, -0.05) is 12.5 Å². The smallest absolute Gasteiger partial charge is 0.112 e. The molecule has 1 heterocycles. The van der Waals surface area contributed by atoms with Crippen LogP contribution in [0, 0.1) is 0 Å². The molecule has 0 unspecified atom stereocenters. The van der Waals surface area contributed by atoms with E-state index < -0.39 is 0 Å². The van der Waals surface area contributed by atoms with Crippen molar-refractivity contribution in [3.05, 3.63) is 29.6 Å². The minimum atomic E-state index is 0.386. The Hall–Kier alpha value is -1.35. The second-order valence-corrected chi connectivity index (χ2v) is 6.67. The van der Waals surface area contributed by atoms with Crippen molar-refractivity contribution in [2.24, 2.45) is 7.05 Å². The molecule has 106 valence electrons. The zero-order valence-corrected chi connectivity index (χ0v) is 12.4. The second-order valence-electron chi connectivity index (χ2n) is 6.67. The first-order chi connectivity index (χ1) is 9.73. The molecule has 3 nitrogen and oxygen atoms in total. The van der Waals surface area contributed by atoms with Crippen LogP contribution >= 0.6 is 0 Å². The Morgan fingerprint density at radius 1 is 1.35 bits per heavy atom. The summed E-state index contributed by atoms with van der Waals surface area (Å²) >= 11 is 0. The quantitative estimate of drug-likeness (QED) is 0.924. The zero-order valence-electron chi connectivity index (χ0n) is 12.4. The molecular weight excluding hydrogens is 246 g/mol. The number of hydrogen-bond donors (Lipinski definition) is 1. The van der Waals surface area contributed by atoms with Crippen molar-refractivity contribution in [2.75, 3.05) is 13.6 Å². The molecule has 2 saturated carbocycles. The van der Waals surface area contributed by atoms with Crippen molar-refractivity contribution < 1.29 is 0 Å². The van der Waals surface area contributed by atoms with E-state index in [2.05, 4.69) is 35.1 Å². The van der Waals surface area contributed by atoms with E-state index in [1.165, 1.54) is 54.5 Å². The highest BCUT2D eigenvalue weighted by molar-refractivity contribution is 5.77. The number of likely N-dealkylation sites (N-methyl/N-ethyl adjacent to an activating group) is 1. The second kappa shape index (κ2) is 4.32. The lowest BCUT2D eigenvalue weighted by Crippen LogP contribution is -2.23. The highest BCUT2D eigenvalue weighted by atomic mass is 15.1. The first kappa shape index (κ1) is 12.4. The van der Waals surface area contributed by atoms with Gasteiger partial charge < -0.3 is 9.88 Å². The van der Waals surface area contributed by atoms with Crippen LogP contribution in [0.1, 0.15) is 49.4 Å². The summed E-state index contributed by atoms with van der Waals surface area (Å²) < 4.78 is 2.31. The predicted octanol–water partition coefficient (Wildman–Crippen LogP) is 3.09. The Kier molecular flexibility index (Phi) is 2.68. The monoisotopic (exact) mass is 269 g/mol. The highest BCUT2D eigenvalue weighted by Gasteiger charge is 2.43. The summed E-state index contributed by atoms with van der Waals surface area (Å²) in [6.07, 6.45) is 6.61. The molecule has 3 heteroatoms. The lowest BCUT2D eigenvalue weighted by molar-refractivity contribution is 0.395. The lowest BCUT2D eigenvalue weighted by atomic mass is 9.85. The van der Waals surface area contributed by atoms with Gasteiger partial charge in [-0.3, -0.25) is 0 Å². The van der Waals surface area contributed by atoms with Crippen LogP contribution in [0.5, 0.6) is 0 Å². The molecule has 2 fully saturated rings. The van der Waals surface area contributed by atoms with Crippen LogP contribution in [-0.4, -0.2) is 23.1 Å². The van der Waals surface area contributed by atoms with Crippen LogP contribution in [0.3, 0.4) is 0 Å². The van der Waals surface area contributed by atoms with Gasteiger partial charge in [0.1, 0.15) is 5.82 Å². The average molecular weight is 269 g/mol. The minimum absolute atomic E-state index is 0.386. The maximum Gasteiger partial charge on any atom is 0.112 e. The van der Waals surface area contributed by atoms with Gasteiger partial charge in [0.2, 0.25) is 0 Å². The predicted molar refractivity (Wildman–Crippen MR) is 82.1 cm³/mol. The number of fused-ring (bicyclic) bond motifs is 1. The third-order valence-corrected chi connectivity index (χ3v) is 5.37. The molecule has 0 amide bonds. The Morgan fingerprint density at radius 2 is 2.15 bits per heavy atom. The van der Waals surface area contributed by atoms with Gasteiger partial charge in [-0.25, -0.2) is 4.98 Å². The summed E-state index contributed by atoms with van der Waals surface area (Å²) in [6.45, 7) is 1.08. The number of hydrogen-bond acceptors (Lipinski definition) is 2. The molecule has 4 rings (SSSR count). The van der Waals surface area contributed by atoms with E-state index in [4.69, 9.17) is 4.98 Å². The Morgan fingerprint density at radius 3 is 2.75 bits per heavy atom. The van der Waals surface area contributed by atoms with Gasteiger partial charge in [-0.05, 0) is 50.4 Å². The average Bonchev–Trinajstić information content (AvgIpc) is 3.10. The van der Waals surface area contributed by atoms with Gasteiger partial charge in [-0.15, -0.1) is 0 Å². The summed E-state index contributed by atoms with van der Waals surface area (Å²) in [5, 5.41) is 3.34. The maximum atomic E-state index is 4.94. The van der Waals surface area contributed by atoms with Gasteiger partial charge in [0.15, 0.2) is 0 Å². The number of imidazole rings is 1.